The summed E-state index contributed by atoms with van der Waals surface area (Å²) < 4.78 is 2.45. The van der Waals surface area contributed by atoms with Crippen molar-refractivity contribution in [3.63, 3.8) is 0 Å². The van der Waals surface area contributed by atoms with E-state index >= 15 is 0 Å². The molecule has 0 fully saturated rings. The smallest absolute Gasteiger partial charge is 0.165 e. The molecule has 2 bridgehead atoms. The summed E-state index contributed by atoms with van der Waals surface area (Å²) in [5.74, 6) is 2.13. The van der Waals surface area contributed by atoms with Crippen LogP contribution in [0.1, 0.15) is 46.1 Å². The van der Waals surface area contributed by atoms with Gasteiger partial charge in [-0.1, -0.05) is 133 Å². The summed E-state index contributed by atoms with van der Waals surface area (Å²) in [5, 5.41) is 2.49. The van der Waals surface area contributed by atoms with E-state index in [1.165, 1.54) is 53.6 Å². The lowest BCUT2D eigenvalue weighted by molar-refractivity contribution is 0.514. The normalized spacial score (nSPS) is 19.2. The van der Waals surface area contributed by atoms with Gasteiger partial charge in [-0.15, -0.1) is 11.3 Å². The standard InChI is InChI=1S/C42H27N3S/c1-41-30-19-6-9-22-33(30)42(34-23-10-7-20-31(34)41,35-24-11-8-21-32(35)41)40-44-38(26-14-3-2-4-15-26)43-39(45-40)29-18-13-17-28-27-16-5-12-25-36(27)46-37(28)29/h2-25H,1H3. The topological polar surface area (TPSA) is 38.7 Å². The largest absolute Gasteiger partial charge is 0.211 e. The van der Waals surface area contributed by atoms with Gasteiger partial charge in [-0.05, 0) is 52.4 Å². The second-order valence-electron chi connectivity index (χ2n) is 12.5. The highest BCUT2D eigenvalue weighted by atomic mass is 32.1. The molecule has 0 aliphatic heterocycles. The van der Waals surface area contributed by atoms with Gasteiger partial charge in [-0.2, -0.15) is 0 Å². The van der Waals surface area contributed by atoms with E-state index in [4.69, 9.17) is 15.0 Å². The van der Waals surface area contributed by atoms with Crippen LogP contribution in [-0.2, 0) is 10.8 Å². The second-order valence-corrected chi connectivity index (χ2v) is 13.5. The summed E-state index contributed by atoms with van der Waals surface area (Å²) >= 11 is 1.80. The number of hydrogen-bond donors (Lipinski definition) is 0. The highest BCUT2D eigenvalue weighted by Gasteiger charge is 2.59. The third kappa shape index (κ3) is 3.19. The lowest BCUT2D eigenvalue weighted by Gasteiger charge is -2.54. The first-order chi connectivity index (χ1) is 22.7. The van der Waals surface area contributed by atoms with E-state index in [1.54, 1.807) is 11.3 Å². The van der Waals surface area contributed by atoms with Gasteiger partial charge in [0, 0.05) is 36.7 Å². The number of nitrogens with zero attached hydrogens (tertiary/aromatic N) is 3. The first-order valence-corrected chi connectivity index (χ1v) is 16.5. The maximum Gasteiger partial charge on any atom is 0.165 e. The zero-order chi connectivity index (χ0) is 30.5. The van der Waals surface area contributed by atoms with Crippen molar-refractivity contribution in [1.29, 1.82) is 0 Å². The SMILES string of the molecule is CC12c3ccccc3C(c3nc(-c4ccccc4)nc(-c4cccc5c4sc4ccccc45)n3)(c3ccccc31)c1ccccc12. The quantitative estimate of drug-likeness (QED) is 0.201. The minimum atomic E-state index is -0.711. The molecule has 11 rings (SSSR count). The van der Waals surface area contributed by atoms with Crippen LogP contribution in [0.25, 0.3) is 42.9 Å². The summed E-state index contributed by atoms with van der Waals surface area (Å²) in [6.45, 7) is 2.38. The number of aromatic nitrogens is 3. The predicted molar refractivity (Wildman–Crippen MR) is 187 cm³/mol. The minimum Gasteiger partial charge on any atom is -0.211 e. The molecule has 0 radical (unpaired) electrons. The second kappa shape index (κ2) is 9.29. The average Bonchev–Trinajstić information content (AvgIpc) is 3.51. The van der Waals surface area contributed by atoms with Crippen molar-refractivity contribution in [2.75, 3.05) is 0 Å². The van der Waals surface area contributed by atoms with Gasteiger partial charge in [0.1, 0.15) is 5.41 Å². The number of benzene rings is 6. The lowest BCUT2D eigenvalue weighted by Crippen LogP contribution is -2.50. The Morgan fingerprint density at radius 1 is 0.457 bits per heavy atom. The molecule has 2 aromatic heterocycles. The number of rotatable bonds is 3. The molecule has 0 atom stereocenters. The fourth-order valence-electron chi connectivity index (χ4n) is 8.27. The maximum absolute atomic E-state index is 5.54. The molecule has 3 aliphatic rings. The lowest BCUT2D eigenvalue weighted by atomic mass is 9.47. The Bertz CT molecular complexity index is 2390. The molecule has 4 heteroatoms. The van der Waals surface area contributed by atoms with Crippen LogP contribution in [-0.4, -0.2) is 15.0 Å². The van der Waals surface area contributed by atoms with Crippen LogP contribution < -0.4 is 0 Å². The van der Waals surface area contributed by atoms with Gasteiger partial charge < -0.3 is 0 Å². The number of hydrogen-bond acceptors (Lipinski definition) is 4. The molecule has 0 N–H and O–H groups in total. The molecule has 216 valence electrons. The van der Waals surface area contributed by atoms with Gasteiger partial charge in [-0.3, -0.25) is 0 Å². The molecule has 3 aliphatic carbocycles. The van der Waals surface area contributed by atoms with Crippen LogP contribution >= 0.6 is 11.3 Å². The van der Waals surface area contributed by atoms with Crippen LogP contribution in [0.5, 0.6) is 0 Å². The molecule has 0 amide bonds. The van der Waals surface area contributed by atoms with Gasteiger partial charge in [0.15, 0.2) is 17.5 Å². The van der Waals surface area contributed by atoms with Crippen molar-refractivity contribution in [3.8, 4) is 22.8 Å². The van der Waals surface area contributed by atoms with Crippen LogP contribution in [0.4, 0.5) is 0 Å². The Kier molecular flexibility index (Phi) is 5.22. The van der Waals surface area contributed by atoms with E-state index in [0.717, 1.165) is 17.0 Å². The van der Waals surface area contributed by atoms with Crippen LogP contribution in [0, 0.1) is 0 Å². The minimum absolute atomic E-state index is 0.285. The maximum atomic E-state index is 5.54. The van der Waals surface area contributed by atoms with Crippen molar-refractivity contribution in [2.45, 2.75) is 17.8 Å². The summed E-state index contributed by atoms with van der Waals surface area (Å²) in [6, 6.07) is 52.2. The van der Waals surface area contributed by atoms with Crippen molar-refractivity contribution >= 4 is 31.5 Å². The van der Waals surface area contributed by atoms with E-state index in [9.17, 15) is 0 Å². The summed E-state index contributed by atoms with van der Waals surface area (Å²) in [4.78, 5) is 16.2. The van der Waals surface area contributed by atoms with E-state index in [-0.39, 0.29) is 5.41 Å². The molecule has 2 heterocycles. The first kappa shape index (κ1) is 25.8. The molecular formula is C42H27N3S. The van der Waals surface area contributed by atoms with Crippen molar-refractivity contribution in [1.82, 2.24) is 15.0 Å². The Balaban J connectivity index is 1.36. The number of thiophene rings is 1. The van der Waals surface area contributed by atoms with E-state index in [1.807, 2.05) is 6.07 Å². The summed E-state index contributed by atoms with van der Waals surface area (Å²) in [6.07, 6.45) is 0. The van der Waals surface area contributed by atoms with Gasteiger partial charge >= 0.3 is 0 Å². The van der Waals surface area contributed by atoms with E-state index in [0.29, 0.717) is 11.6 Å². The third-order valence-electron chi connectivity index (χ3n) is 10.3. The summed E-state index contributed by atoms with van der Waals surface area (Å²) in [5.41, 5.74) is 8.65. The molecule has 0 saturated heterocycles. The van der Waals surface area contributed by atoms with Crippen molar-refractivity contribution in [3.05, 3.63) is 185 Å². The van der Waals surface area contributed by atoms with Gasteiger partial charge in [0.25, 0.3) is 0 Å². The fourth-order valence-corrected chi connectivity index (χ4v) is 9.49. The predicted octanol–water partition coefficient (Wildman–Crippen LogP) is 9.94. The van der Waals surface area contributed by atoms with Gasteiger partial charge in [-0.25, -0.2) is 15.0 Å². The average molecular weight is 606 g/mol. The van der Waals surface area contributed by atoms with E-state index in [2.05, 4.69) is 146 Å². The Hall–Kier alpha value is -5.45. The number of fused-ring (bicyclic) bond motifs is 3. The van der Waals surface area contributed by atoms with Crippen molar-refractivity contribution in [2.24, 2.45) is 0 Å². The molecule has 46 heavy (non-hydrogen) atoms. The Labute approximate surface area is 270 Å². The molecule has 0 spiro atoms. The Morgan fingerprint density at radius 3 is 1.63 bits per heavy atom. The molecule has 6 aromatic carbocycles. The molecular weight excluding hydrogens is 579 g/mol. The Morgan fingerprint density at radius 2 is 0.978 bits per heavy atom. The van der Waals surface area contributed by atoms with E-state index < -0.39 is 5.41 Å². The zero-order valence-corrected chi connectivity index (χ0v) is 25.9. The van der Waals surface area contributed by atoms with Crippen molar-refractivity contribution < 1.29 is 0 Å². The van der Waals surface area contributed by atoms with Crippen LogP contribution in [0.3, 0.4) is 0 Å². The molecule has 8 aromatic rings. The van der Waals surface area contributed by atoms with Gasteiger partial charge in [0.05, 0.1) is 0 Å². The first-order valence-electron chi connectivity index (χ1n) is 15.7. The fraction of sp³-hybridized carbons (Fsp3) is 0.0714. The van der Waals surface area contributed by atoms with Gasteiger partial charge in [0.2, 0.25) is 0 Å². The summed E-state index contributed by atoms with van der Waals surface area (Å²) in [7, 11) is 0. The third-order valence-corrected chi connectivity index (χ3v) is 11.5. The monoisotopic (exact) mass is 605 g/mol. The molecule has 0 saturated carbocycles. The zero-order valence-electron chi connectivity index (χ0n) is 25.1. The highest BCUT2D eigenvalue weighted by molar-refractivity contribution is 7.26. The molecule has 3 nitrogen and oxygen atoms in total. The molecule has 0 unspecified atom stereocenters. The van der Waals surface area contributed by atoms with Crippen LogP contribution in [0.2, 0.25) is 0 Å². The highest BCUT2D eigenvalue weighted by Crippen LogP contribution is 2.63. The van der Waals surface area contributed by atoms with Crippen LogP contribution in [0.15, 0.2) is 146 Å².